The van der Waals surface area contributed by atoms with Gasteiger partial charge in [0.2, 0.25) is 5.91 Å². The van der Waals surface area contributed by atoms with E-state index in [4.69, 9.17) is 9.52 Å². The Bertz CT molecular complexity index is 846. The highest BCUT2D eigenvalue weighted by atomic mass is 19.1. The highest BCUT2D eigenvalue weighted by molar-refractivity contribution is 5.89. The molecule has 1 amide bonds. The first-order valence-corrected chi connectivity index (χ1v) is 7.80. The van der Waals surface area contributed by atoms with Crippen LogP contribution in [0.3, 0.4) is 0 Å². The van der Waals surface area contributed by atoms with Gasteiger partial charge in [-0.3, -0.25) is 4.79 Å². The van der Waals surface area contributed by atoms with Gasteiger partial charge in [-0.15, -0.1) is 0 Å². The van der Waals surface area contributed by atoms with E-state index in [2.05, 4.69) is 0 Å². The van der Waals surface area contributed by atoms with Gasteiger partial charge < -0.3 is 14.4 Å². The fourth-order valence-corrected chi connectivity index (χ4v) is 3.04. The normalized spacial score (nSPS) is 18.9. The number of nitrogens with zero attached hydrogens (tertiary/aromatic N) is 1. The fourth-order valence-electron chi connectivity index (χ4n) is 3.04. The van der Waals surface area contributed by atoms with E-state index in [0.717, 1.165) is 6.07 Å². The molecule has 1 saturated carbocycles. The van der Waals surface area contributed by atoms with Crippen LogP contribution < -0.4 is 0 Å². The molecule has 1 aromatic heterocycles. The van der Waals surface area contributed by atoms with Gasteiger partial charge in [-0.05, 0) is 37.0 Å². The minimum Gasteiger partial charge on any atom is -0.478 e. The zero-order chi connectivity index (χ0) is 18.3. The summed E-state index contributed by atoms with van der Waals surface area (Å²) in [6, 6.07) is 4.77. The van der Waals surface area contributed by atoms with Crippen molar-refractivity contribution in [3.8, 4) is 0 Å². The third-order valence-electron chi connectivity index (χ3n) is 4.44. The maximum atomic E-state index is 13.8. The predicted octanol–water partition coefficient (Wildman–Crippen LogP) is 3.33. The minimum atomic E-state index is -1.09. The maximum absolute atomic E-state index is 13.8. The van der Waals surface area contributed by atoms with Crippen molar-refractivity contribution in [3.63, 3.8) is 0 Å². The van der Waals surface area contributed by atoms with Crippen molar-refractivity contribution >= 4 is 11.9 Å². The molecule has 1 aromatic carbocycles. The second kappa shape index (κ2) is 6.31. The van der Waals surface area contributed by atoms with Crippen molar-refractivity contribution in [2.75, 3.05) is 7.05 Å². The highest BCUT2D eigenvalue weighted by Crippen LogP contribution is 2.49. The average Bonchev–Trinajstić information content (AvgIpc) is 3.22. The first-order chi connectivity index (χ1) is 11.8. The molecule has 3 rings (SSSR count). The number of hydrogen-bond donors (Lipinski definition) is 1. The summed E-state index contributed by atoms with van der Waals surface area (Å²) in [7, 11) is 1.58. The van der Waals surface area contributed by atoms with Crippen molar-refractivity contribution in [1.29, 1.82) is 0 Å². The van der Waals surface area contributed by atoms with Gasteiger partial charge in [0.15, 0.2) is 0 Å². The van der Waals surface area contributed by atoms with Crippen molar-refractivity contribution in [3.05, 3.63) is 58.5 Å². The van der Waals surface area contributed by atoms with Crippen molar-refractivity contribution < 1.29 is 27.9 Å². The Hall–Kier alpha value is -2.70. The summed E-state index contributed by atoms with van der Waals surface area (Å²) in [5.74, 6) is -2.53. The molecule has 0 aliphatic heterocycles. The molecule has 5 nitrogen and oxygen atoms in total. The van der Waals surface area contributed by atoms with Crippen LogP contribution in [0.5, 0.6) is 0 Å². The molecule has 1 N–H and O–H groups in total. The third kappa shape index (κ3) is 3.40. The monoisotopic (exact) mass is 349 g/mol. The largest absolute Gasteiger partial charge is 0.478 e. The van der Waals surface area contributed by atoms with Crippen LogP contribution in [0.25, 0.3) is 0 Å². The number of amides is 1. The van der Waals surface area contributed by atoms with Crippen LogP contribution in [0.1, 0.15) is 39.8 Å². The Labute approximate surface area is 142 Å². The molecule has 0 unspecified atom stereocenters. The summed E-state index contributed by atoms with van der Waals surface area (Å²) >= 11 is 0. The summed E-state index contributed by atoms with van der Waals surface area (Å²) in [5, 5.41) is 9.02. The quantitative estimate of drug-likeness (QED) is 0.899. The van der Waals surface area contributed by atoms with Gasteiger partial charge in [0.25, 0.3) is 0 Å². The summed E-state index contributed by atoms with van der Waals surface area (Å²) in [4.78, 5) is 24.9. The number of hydrogen-bond acceptors (Lipinski definition) is 3. The number of rotatable bonds is 5. The van der Waals surface area contributed by atoms with Crippen LogP contribution in [-0.4, -0.2) is 28.9 Å². The van der Waals surface area contributed by atoms with Gasteiger partial charge in [0.1, 0.15) is 28.7 Å². The summed E-state index contributed by atoms with van der Waals surface area (Å²) in [6.45, 7) is 1.67. The number of carbonyl (C=O) groups is 2. The minimum absolute atomic E-state index is 0.0635. The first kappa shape index (κ1) is 17.1. The molecule has 132 valence electrons. The Morgan fingerprint density at radius 1 is 1.32 bits per heavy atom. The molecule has 1 fully saturated rings. The molecule has 7 heteroatoms. The Balaban J connectivity index is 1.66. The first-order valence-electron chi connectivity index (χ1n) is 7.80. The molecule has 1 aliphatic carbocycles. The zero-order valence-electron chi connectivity index (χ0n) is 13.8. The maximum Gasteiger partial charge on any atom is 0.339 e. The molecular weight excluding hydrogens is 332 g/mol. The van der Waals surface area contributed by atoms with E-state index >= 15 is 0 Å². The number of carboxylic acids is 1. The lowest BCUT2D eigenvalue weighted by Crippen LogP contribution is -2.27. The lowest BCUT2D eigenvalue weighted by molar-refractivity contribution is -0.132. The van der Waals surface area contributed by atoms with E-state index in [0.29, 0.717) is 17.7 Å². The van der Waals surface area contributed by atoms with Crippen LogP contribution in [0.15, 0.2) is 28.7 Å². The number of aryl methyl sites for hydroxylation is 1. The van der Waals surface area contributed by atoms with E-state index in [9.17, 15) is 18.4 Å². The van der Waals surface area contributed by atoms with E-state index in [1.165, 1.54) is 23.1 Å². The van der Waals surface area contributed by atoms with Gasteiger partial charge in [-0.1, -0.05) is 6.07 Å². The van der Waals surface area contributed by atoms with Gasteiger partial charge in [-0.2, -0.15) is 0 Å². The van der Waals surface area contributed by atoms with Gasteiger partial charge in [0.05, 0.1) is 6.54 Å². The van der Waals surface area contributed by atoms with Crippen LogP contribution >= 0.6 is 0 Å². The molecule has 0 bridgehead atoms. The summed E-state index contributed by atoms with van der Waals surface area (Å²) in [6.07, 6.45) is 0.503. The third-order valence-corrected chi connectivity index (χ3v) is 4.44. The molecular formula is C18H17F2NO4. The number of carboxylic acid groups (broad SMARTS) is 1. The Morgan fingerprint density at radius 2 is 2.04 bits per heavy atom. The lowest BCUT2D eigenvalue weighted by Gasteiger charge is -2.16. The van der Waals surface area contributed by atoms with Gasteiger partial charge >= 0.3 is 5.97 Å². The number of furan rings is 1. The molecule has 2 atom stereocenters. The molecule has 0 spiro atoms. The number of aromatic carboxylic acids is 1. The lowest BCUT2D eigenvalue weighted by atomic mass is 10.1. The standard InChI is InChI=1S/C18H17F2NO4/c1-9-13(18(23)24)6-11(25-9)8-21(2)17(22)15-7-14(15)12-4-3-10(19)5-16(12)20/h3-6,14-15H,7-8H2,1-2H3,(H,23,24)/t14-,15-/m0/s1. The number of benzene rings is 1. The van der Waals surface area contributed by atoms with Crippen molar-refractivity contribution in [2.45, 2.75) is 25.8 Å². The highest BCUT2D eigenvalue weighted by Gasteiger charge is 2.46. The SMILES string of the molecule is Cc1oc(CN(C)C(=O)[C@H]2C[C@H]2c2ccc(F)cc2F)cc1C(=O)O. The summed E-state index contributed by atoms with van der Waals surface area (Å²) in [5.41, 5.74) is 0.406. The van der Waals surface area contributed by atoms with Crippen LogP contribution in [0, 0.1) is 24.5 Å². The summed E-state index contributed by atoms with van der Waals surface area (Å²) < 4.78 is 32.2. The molecule has 1 aliphatic rings. The van der Waals surface area contributed by atoms with Crippen LogP contribution in [-0.2, 0) is 11.3 Å². The molecule has 1 heterocycles. The average molecular weight is 349 g/mol. The second-order valence-corrected chi connectivity index (χ2v) is 6.30. The number of carbonyl (C=O) groups excluding carboxylic acids is 1. The molecule has 2 aromatic rings. The van der Waals surface area contributed by atoms with Crippen LogP contribution in [0.2, 0.25) is 0 Å². The second-order valence-electron chi connectivity index (χ2n) is 6.30. The van der Waals surface area contributed by atoms with E-state index in [1.54, 1.807) is 14.0 Å². The van der Waals surface area contributed by atoms with Crippen molar-refractivity contribution in [1.82, 2.24) is 4.90 Å². The Morgan fingerprint density at radius 3 is 2.64 bits per heavy atom. The van der Waals surface area contributed by atoms with Gasteiger partial charge in [0, 0.05) is 19.0 Å². The zero-order valence-corrected chi connectivity index (χ0v) is 13.8. The molecule has 25 heavy (non-hydrogen) atoms. The Kier molecular flexibility index (Phi) is 4.32. The molecule has 0 saturated heterocycles. The number of halogens is 2. The van der Waals surface area contributed by atoms with E-state index in [-0.39, 0.29) is 35.6 Å². The smallest absolute Gasteiger partial charge is 0.339 e. The van der Waals surface area contributed by atoms with Crippen LogP contribution in [0.4, 0.5) is 8.78 Å². The molecule has 0 radical (unpaired) electrons. The van der Waals surface area contributed by atoms with E-state index < -0.39 is 17.6 Å². The van der Waals surface area contributed by atoms with Crippen molar-refractivity contribution in [2.24, 2.45) is 5.92 Å². The van der Waals surface area contributed by atoms with E-state index in [1.807, 2.05) is 0 Å². The topological polar surface area (TPSA) is 70.8 Å². The fraction of sp³-hybridized carbons (Fsp3) is 0.333. The predicted molar refractivity (Wildman–Crippen MR) is 84.1 cm³/mol. The van der Waals surface area contributed by atoms with Gasteiger partial charge in [-0.25, -0.2) is 13.6 Å².